The summed E-state index contributed by atoms with van der Waals surface area (Å²) in [4.78, 5) is 0. The molecule has 1 unspecified atom stereocenters. The van der Waals surface area contributed by atoms with Crippen LogP contribution in [-0.4, -0.2) is 6.54 Å². The quantitative estimate of drug-likeness (QED) is 0.734. The molecule has 1 aliphatic rings. The fourth-order valence-corrected chi connectivity index (χ4v) is 1.74. The maximum atomic E-state index is 4.60. The van der Waals surface area contributed by atoms with Gasteiger partial charge in [0.15, 0.2) is 0 Å². The third-order valence-corrected chi connectivity index (χ3v) is 2.42. The molecule has 1 heterocycles. The molecule has 2 heteroatoms. The van der Waals surface area contributed by atoms with E-state index in [4.69, 9.17) is 0 Å². The first-order chi connectivity index (χ1) is 5.97. The van der Waals surface area contributed by atoms with Crippen molar-refractivity contribution in [3.8, 4) is 0 Å². The van der Waals surface area contributed by atoms with E-state index < -0.39 is 0 Å². The van der Waals surface area contributed by atoms with Crippen LogP contribution in [0.3, 0.4) is 0 Å². The Labute approximate surface area is 94.2 Å². The second-order valence-electron chi connectivity index (χ2n) is 3.33. The second-order valence-corrected chi connectivity index (χ2v) is 3.33. The van der Waals surface area contributed by atoms with Crippen LogP contribution in [0.25, 0.3) is 5.32 Å². The average molecular weight is 355 g/mol. The van der Waals surface area contributed by atoms with Crippen molar-refractivity contribution in [1.29, 1.82) is 0 Å². The standard InChI is InChI=1S/C11H14N.Pt/c1-2-6-10(7-3-1)11-8-4-5-9-12-11;/h1-3,6-7,11H,4-5,8-9H2;/q-1;+4. The summed E-state index contributed by atoms with van der Waals surface area (Å²) >= 11 is 0. The Bertz CT molecular complexity index is 229. The van der Waals surface area contributed by atoms with Crippen molar-refractivity contribution in [2.45, 2.75) is 25.3 Å². The van der Waals surface area contributed by atoms with E-state index in [9.17, 15) is 0 Å². The van der Waals surface area contributed by atoms with E-state index in [0.717, 1.165) is 6.54 Å². The third-order valence-electron chi connectivity index (χ3n) is 2.42. The van der Waals surface area contributed by atoms with Gasteiger partial charge in [0, 0.05) is 0 Å². The van der Waals surface area contributed by atoms with Gasteiger partial charge in [0.05, 0.1) is 0 Å². The van der Waals surface area contributed by atoms with Crippen LogP contribution in [0, 0.1) is 0 Å². The van der Waals surface area contributed by atoms with Gasteiger partial charge in [-0.1, -0.05) is 55.2 Å². The van der Waals surface area contributed by atoms with Crippen molar-refractivity contribution >= 4 is 0 Å². The van der Waals surface area contributed by atoms with Gasteiger partial charge >= 0.3 is 21.1 Å². The van der Waals surface area contributed by atoms with Gasteiger partial charge in [-0.2, -0.15) is 0 Å². The van der Waals surface area contributed by atoms with Crippen LogP contribution in [0.5, 0.6) is 0 Å². The number of hydrogen-bond donors (Lipinski definition) is 0. The zero-order valence-corrected chi connectivity index (χ0v) is 9.83. The first kappa shape index (κ1) is 10.9. The minimum Gasteiger partial charge on any atom is -0.656 e. The van der Waals surface area contributed by atoms with E-state index in [1.54, 1.807) is 0 Å². The number of hydrogen-bond acceptors (Lipinski definition) is 0. The van der Waals surface area contributed by atoms with Gasteiger partial charge in [0.1, 0.15) is 0 Å². The minimum absolute atomic E-state index is 0. The fraction of sp³-hybridized carbons (Fsp3) is 0.455. The van der Waals surface area contributed by atoms with Crippen molar-refractivity contribution in [3.63, 3.8) is 0 Å². The van der Waals surface area contributed by atoms with Crippen molar-refractivity contribution in [2.24, 2.45) is 0 Å². The number of rotatable bonds is 1. The molecule has 1 aromatic rings. The number of benzene rings is 1. The summed E-state index contributed by atoms with van der Waals surface area (Å²) in [7, 11) is 0. The van der Waals surface area contributed by atoms with Crippen LogP contribution in [0.15, 0.2) is 30.3 Å². The molecule has 1 aromatic carbocycles. The molecule has 1 fully saturated rings. The van der Waals surface area contributed by atoms with Crippen molar-refractivity contribution in [1.82, 2.24) is 0 Å². The van der Waals surface area contributed by atoms with Crippen molar-refractivity contribution in [3.05, 3.63) is 41.2 Å². The molecule has 13 heavy (non-hydrogen) atoms. The molecule has 0 saturated carbocycles. The van der Waals surface area contributed by atoms with Gasteiger partial charge in [-0.15, -0.1) is 12.6 Å². The normalized spacial score (nSPS) is 22.0. The van der Waals surface area contributed by atoms with Crippen LogP contribution in [0.2, 0.25) is 0 Å². The first-order valence-corrected chi connectivity index (χ1v) is 4.68. The Hall–Kier alpha value is -0.132. The Morgan fingerprint density at radius 3 is 2.46 bits per heavy atom. The zero-order valence-electron chi connectivity index (χ0n) is 7.56. The Morgan fingerprint density at radius 1 is 1.08 bits per heavy atom. The first-order valence-electron chi connectivity index (χ1n) is 4.68. The molecule has 0 bridgehead atoms. The van der Waals surface area contributed by atoms with Crippen LogP contribution >= 0.6 is 0 Å². The van der Waals surface area contributed by atoms with E-state index in [2.05, 4.69) is 35.6 Å². The van der Waals surface area contributed by atoms with Crippen molar-refractivity contribution in [2.75, 3.05) is 6.54 Å². The third kappa shape index (κ3) is 2.93. The molecule has 0 amide bonds. The predicted molar refractivity (Wildman–Crippen MR) is 51.3 cm³/mol. The van der Waals surface area contributed by atoms with E-state index in [1.165, 1.54) is 24.8 Å². The monoisotopic (exact) mass is 355 g/mol. The summed E-state index contributed by atoms with van der Waals surface area (Å²) in [5.41, 5.74) is 1.39. The molecule has 1 saturated heterocycles. The number of nitrogens with zero attached hydrogens (tertiary/aromatic N) is 1. The van der Waals surface area contributed by atoms with E-state index in [-0.39, 0.29) is 21.1 Å². The van der Waals surface area contributed by atoms with Gasteiger partial charge in [0.25, 0.3) is 0 Å². The molecule has 1 aliphatic heterocycles. The SMILES string of the molecule is [Pt+4].c1ccc(C2CCCC[N-]2)cc1. The molecule has 0 radical (unpaired) electrons. The maximum Gasteiger partial charge on any atom is 4.00 e. The average Bonchev–Trinajstić information content (AvgIpc) is 2.21. The maximum absolute atomic E-state index is 4.60. The molecule has 2 rings (SSSR count). The van der Waals surface area contributed by atoms with Crippen LogP contribution in [0.1, 0.15) is 30.9 Å². The molecular weight excluding hydrogens is 341 g/mol. The largest absolute Gasteiger partial charge is 4.00 e. The Kier molecular flexibility index (Phi) is 4.69. The molecular formula is C11H14NPt+3. The predicted octanol–water partition coefficient (Wildman–Crippen LogP) is 3.28. The van der Waals surface area contributed by atoms with Crippen LogP contribution < -0.4 is 0 Å². The summed E-state index contributed by atoms with van der Waals surface area (Å²) in [5.74, 6) is 0. The van der Waals surface area contributed by atoms with E-state index >= 15 is 0 Å². The second kappa shape index (κ2) is 5.57. The molecule has 1 atom stereocenters. The Morgan fingerprint density at radius 2 is 1.85 bits per heavy atom. The summed E-state index contributed by atoms with van der Waals surface area (Å²) in [5, 5.41) is 4.60. The smallest absolute Gasteiger partial charge is 0.656 e. The molecule has 0 aromatic heterocycles. The van der Waals surface area contributed by atoms with Gasteiger partial charge in [0.2, 0.25) is 0 Å². The van der Waals surface area contributed by atoms with Gasteiger partial charge < -0.3 is 5.32 Å². The van der Waals surface area contributed by atoms with Gasteiger partial charge in [-0.3, -0.25) is 0 Å². The topological polar surface area (TPSA) is 14.1 Å². The van der Waals surface area contributed by atoms with Gasteiger partial charge in [-0.25, -0.2) is 0 Å². The molecule has 1 nitrogen and oxygen atoms in total. The molecule has 0 N–H and O–H groups in total. The van der Waals surface area contributed by atoms with E-state index in [0.29, 0.717) is 6.04 Å². The molecule has 70 valence electrons. The molecule has 0 spiro atoms. The summed E-state index contributed by atoms with van der Waals surface area (Å²) in [6.07, 6.45) is 3.86. The number of piperidine rings is 1. The summed E-state index contributed by atoms with van der Waals surface area (Å²) in [6.45, 7) is 1.06. The minimum atomic E-state index is 0. The van der Waals surface area contributed by atoms with Crippen LogP contribution in [-0.2, 0) is 21.1 Å². The van der Waals surface area contributed by atoms with Crippen LogP contribution in [0.4, 0.5) is 0 Å². The Balaban J connectivity index is 0.000000845. The van der Waals surface area contributed by atoms with Gasteiger partial charge in [-0.05, 0) is 0 Å². The van der Waals surface area contributed by atoms with E-state index in [1.807, 2.05) is 0 Å². The van der Waals surface area contributed by atoms with Crippen molar-refractivity contribution < 1.29 is 21.1 Å². The zero-order chi connectivity index (χ0) is 8.23. The molecule has 0 aliphatic carbocycles. The summed E-state index contributed by atoms with van der Waals surface area (Å²) in [6, 6.07) is 11.1. The summed E-state index contributed by atoms with van der Waals surface area (Å²) < 4.78 is 0. The fourth-order valence-electron chi connectivity index (χ4n) is 1.74.